The van der Waals surface area contributed by atoms with E-state index in [0.29, 0.717) is 13.1 Å². The highest BCUT2D eigenvalue weighted by Crippen LogP contribution is 2.13. The predicted octanol–water partition coefficient (Wildman–Crippen LogP) is -1.90. The topological polar surface area (TPSA) is 178 Å². The predicted molar refractivity (Wildman–Crippen MR) is 63.1 cm³/mol. The first-order chi connectivity index (χ1) is 9.15. The average molecular weight is 292 g/mol. The molecule has 0 saturated carbocycles. The molecule has 0 radical (unpaired) electrons. The van der Waals surface area contributed by atoms with Gasteiger partial charge in [0.2, 0.25) is 0 Å². The molecule has 0 spiro atoms. The standard InChI is InChI=1S/C6H9NO4.C4H7NO4/c8-5(9)3-4(6(10)11)7-1-2-7;5-2(4(8)9)1-3(6)7/h4H,1-3H2,(H,8,9)(H,10,11);2H,1,5H2,(H,6,7)(H,8,9)/t4-;2-/m00/s1. The Morgan fingerprint density at radius 2 is 1.35 bits per heavy atom. The molecule has 0 aromatic carbocycles. The molecule has 1 fully saturated rings. The first-order valence-corrected chi connectivity index (χ1v) is 5.54. The van der Waals surface area contributed by atoms with E-state index in [-0.39, 0.29) is 6.42 Å². The fourth-order valence-electron chi connectivity index (χ4n) is 1.18. The molecule has 1 heterocycles. The van der Waals surface area contributed by atoms with Crippen LogP contribution in [-0.4, -0.2) is 74.4 Å². The molecule has 0 aromatic heterocycles. The Kier molecular flexibility index (Phi) is 7.18. The van der Waals surface area contributed by atoms with Crippen molar-refractivity contribution in [2.24, 2.45) is 5.73 Å². The smallest absolute Gasteiger partial charge is 0.321 e. The van der Waals surface area contributed by atoms with Gasteiger partial charge in [-0.3, -0.25) is 24.1 Å². The summed E-state index contributed by atoms with van der Waals surface area (Å²) in [6, 6.07) is -2.12. The van der Waals surface area contributed by atoms with E-state index in [1.165, 1.54) is 0 Å². The summed E-state index contributed by atoms with van der Waals surface area (Å²) in [5.41, 5.74) is 4.84. The zero-order chi connectivity index (χ0) is 15.9. The fourth-order valence-corrected chi connectivity index (χ4v) is 1.18. The van der Waals surface area contributed by atoms with Gasteiger partial charge < -0.3 is 26.2 Å². The van der Waals surface area contributed by atoms with Gasteiger partial charge in [0.25, 0.3) is 0 Å². The van der Waals surface area contributed by atoms with Crippen molar-refractivity contribution in [1.82, 2.24) is 4.90 Å². The van der Waals surface area contributed by atoms with Crippen molar-refractivity contribution < 1.29 is 39.6 Å². The molecule has 10 nitrogen and oxygen atoms in total. The van der Waals surface area contributed by atoms with Crippen molar-refractivity contribution >= 4 is 23.9 Å². The molecule has 1 rings (SSSR count). The second kappa shape index (κ2) is 8.07. The molecule has 1 aliphatic heterocycles. The van der Waals surface area contributed by atoms with Gasteiger partial charge in [-0.15, -0.1) is 0 Å². The van der Waals surface area contributed by atoms with Gasteiger partial charge in [-0.25, -0.2) is 0 Å². The van der Waals surface area contributed by atoms with E-state index in [9.17, 15) is 19.2 Å². The maximum atomic E-state index is 10.4. The molecule has 0 unspecified atom stereocenters. The first kappa shape index (κ1) is 17.8. The van der Waals surface area contributed by atoms with E-state index in [1.807, 2.05) is 0 Å². The molecule has 114 valence electrons. The maximum Gasteiger partial charge on any atom is 0.321 e. The van der Waals surface area contributed by atoms with Gasteiger partial charge >= 0.3 is 23.9 Å². The van der Waals surface area contributed by atoms with Crippen LogP contribution in [0.5, 0.6) is 0 Å². The average Bonchev–Trinajstić information content (AvgIpc) is 3.08. The van der Waals surface area contributed by atoms with Gasteiger partial charge in [-0.05, 0) is 0 Å². The normalized spacial score (nSPS) is 16.2. The highest BCUT2D eigenvalue weighted by atomic mass is 16.4. The van der Waals surface area contributed by atoms with E-state index in [0.717, 1.165) is 0 Å². The van der Waals surface area contributed by atoms with Crippen LogP contribution in [-0.2, 0) is 19.2 Å². The second-order valence-corrected chi connectivity index (χ2v) is 4.03. The van der Waals surface area contributed by atoms with Crippen molar-refractivity contribution in [2.45, 2.75) is 24.9 Å². The number of nitrogens with zero attached hydrogens (tertiary/aromatic N) is 1. The Balaban J connectivity index is 0.000000370. The van der Waals surface area contributed by atoms with Crippen molar-refractivity contribution in [2.75, 3.05) is 13.1 Å². The Bertz CT molecular complexity index is 393. The van der Waals surface area contributed by atoms with Gasteiger partial charge in [0.1, 0.15) is 12.1 Å². The molecular formula is C10H16N2O8. The van der Waals surface area contributed by atoms with Gasteiger partial charge in [-0.2, -0.15) is 0 Å². The summed E-state index contributed by atoms with van der Waals surface area (Å²) >= 11 is 0. The van der Waals surface area contributed by atoms with Crippen LogP contribution in [0.1, 0.15) is 12.8 Å². The lowest BCUT2D eigenvalue weighted by atomic mass is 10.2. The third-order valence-electron chi connectivity index (χ3n) is 2.29. The minimum absolute atomic E-state index is 0.310. The summed E-state index contributed by atoms with van der Waals surface area (Å²) in [5.74, 6) is -4.61. The number of hydrogen-bond donors (Lipinski definition) is 5. The minimum Gasteiger partial charge on any atom is -0.481 e. The lowest BCUT2D eigenvalue weighted by Gasteiger charge is -2.08. The summed E-state index contributed by atoms with van der Waals surface area (Å²) < 4.78 is 0. The SMILES string of the molecule is N[C@@H](CC(=O)O)C(=O)O.O=C(O)C[C@@H](C(=O)O)N1CC1. The molecule has 0 aliphatic carbocycles. The van der Waals surface area contributed by atoms with Gasteiger partial charge in [0.15, 0.2) is 0 Å². The third-order valence-corrected chi connectivity index (χ3v) is 2.29. The number of aliphatic carboxylic acids is 4. The lowest BCUT2D eigenvalue weighted by molar-refractivity contribution is -0.147. The first-order valence-electron chi connectivity index (χ1n) is 5.54. The third kappa shape index (κ3) is 8.00. The zero-order valence-corrected chi connectivity index (χ0v) is 10.4. The molecule has 6 N–H and O–H groups in total. The zero-order valence-electron chi connectivity index (χ0n) is 10.4. The number of rotatable bonds is 7. The number of carboxylic acid groups (broad SMARTS) is 4. The van der Waals surface area contributed by atoms with E-state index in [2.05, 4.69) is 0 Å². The van der Waals surface area contributed by atoms with Crippen molar-refractivity contribution in [3.05, 3.63) is 0 Å². The maximum absolute atomic E-state index is 10.4. The van der Waals surface area contributed by atoms with Crippen LogP contribution in [0, 0.1) is 0 Å². The summed E-state index contributed by atoms with van der Waals surface area (Å²) in [6.45, 7) is 1.40. The molecule has 0 aromatic rings. The monoisotopic (exact) mass is 292 g/mol. The largest absolute Gasteiger partial charge is 0.481 e. The Labute approximate surface area is 113 Å². The van der Waals surface area contributed by atoms with Crippen LogP contribution in [0.2, 0.25) is 0 Å². The number of nitrogens with two attached hydrogens (primary N) is 1. The highest BCUT2D eigenvalue weighted by molar-refractivity contribution is 5.81. The second-order valence-electron chi connectivity index (χ2n) is 4.03. The van der Waals surface area contributed by atoms with Crippen molar-refractivity contribution in [3.8, 4) is 0 Å². The van der Waals surface area contributed by atoms with Crippen molar-refractivity contribution in [3.63, 3.8) is 0 Å². The summed E-state index contributed by atoms with van der Waals surface area (Å²) in [6.07, 6.45) is -0.843. The summed E-state index contributed by atoms with van der Waals surface area (Å²) in [5, 5.41) is 32.9. The Morgan fingerprint density at radius 3 is 1.55 bits per heavy atom. The molecule has 1 saturated heterocycles. The lowest BCUT2D eigenvalue weighted by Crippen LogP contribution is -2.32. The Hall–Kier alpha value is -2.20. The van der Waals surface area contributed by atoms with Gasteiger partial charge in [0.05, 0.1) is 12.8 Å². The van der Waals surface area contributed by atoms with Crippen LogP contribution >= 0.6 is 0 Å². The van der Waals surface area contributed by atoms with Gasteiger partial charge in [0, 0.05) is 13.1 Å². The molecule has 0 amide bonds. The quantitative estimate of drug-likeness (QED) is 0.333. The Morgan fingerprint density at radius 1 is 0.900 bits per heavy atom. The fraction of sp³-hybridized carbons (Fsp3) is 0.600. The molecular weight excluding hydrogens is 276 g/mol. The summed E-state index contributed by atoms with van der Waals surface area (Å²) in [4.78, 5) is 41.8. The minimum atomic E-state index is -1.29. The van der Waals surface area contributed by atoms with Crippen molar-refractivity contribution in [1.29, 1.82) is 0 Å². The number of hydrogen-bond acceptors (Lipinski definition) is 6. The van der Waals surface area contributed by atoms with Crippen LogP contribution in [0.4, 0.5) is 0 Å². The van der Waals surface area contributed by atoms with E-state index in [1.54, 1.807) is 4.90 Å². The molecule has 0 bridgehead atoms. The summed E-state index contributed by atoms with van der Waals surface area (Å²) in [7, 11) is 0. The van der Waals surface area contributed by atoms with Crippen LogP contribution in [0.25, 0.3) is 0 Å². The molecule has 2 atom stereocenters. The van der Waals surface area contributed by atoms with E-state index < -0.39 is 42.4 Å². The van der Waals surface area contributed by atoms with Crippen LogP contribution < -0.4 is 5.73 Å². The molecule has 20 heavy (non-hydrogen) atoms. The van der Waals surface area contributed by atoms with Crippen LogP contribution in [0.3, 0.4) is 0 Å². The number of carbonyl (C=O) groups is 4. The van der Waals surface area contributed by atoms with E-state index >= 15 is 0 Å². The highest BCUT2D eigenvalue weighted by Gasteiger charge is 2.34. The van der Waals surface area contributed by atoms with Gasteiger partial charge in [-0.1, -0.05) is 0 Å². The van der Waals surface area contributed by atoms with E-state index in [4.69, 9.17) is 26.2 Å². The molecule has 10 heteroatoms. The number of carboxylic acids is 4. The van der Waals surface area contributed by atoms with Crippen LogP contribution in [0.15, 0.2) is 0 Å². The molecule has 1 aliphatic rings.